The number of hydrogen-bond acceptors (Lipinski definition) is 3. The fourth-order valence-electron chi connectivity index (χ4n) is 0.122. The first-order chi connectivity index (χ1) is 3.55. The normalized spacial score (nSPS) is 12.8. The van der Waals surface area contributed by atoms with E-state index in [4.69, 9.17) is 0 Å². The van der Waals surface area contributed by atoms with Crippen molar-refractivity contribution in [1.82, 2.24) is 0 Å². The van der Waals surface area contributed by atoms with Gasteiger partial charge in [-0.3, -0.25) is 9.59 Å². The Morgan fingerprint density at radius 3 is 1.88 bits per heavy atom. The van der Waals surface area contributed by atoms with Gasteiger partial charge in [-0.15, -0.1) is 12.6 Å². The summed E-state index contributed by atoms with van der Waals surface area (Å²) in [6.45, 7) is 0. The lowest BCUT2D eigenvalue weighted by atomic mass is 10.4. The molecule has 0 heterocycles. The van der Waals surface area contributed by atoms with E-state index in [-0.39, 0.29) is 0 Å². The number of hydrogen-bond donors (Lipinski definition) is 3. The maximum atomic E-state index is 10.1. The van der Waals surface area contributed by atoms with Gasteiger partial charge in [0.15, 0.2) is 0 Å². The van der Waals surface area contributed by atoms with Gasteiger partial charge in [0, 0.05) is 0 Å². The van der Waals surface area contributed by atoms with Crippen LogP contribution in [-0.4, -0.2) is 16.3 Å². The van der Waals surface area contributed by atoms with Crippen LogP contribution >= 0.6 is 25.3 Å². The number of amides is 1. The maximum Gasteiger partial charge on any atom is 0.238 e. The highest BCUT2D eigenvalue weighted by atomic mass is 32.1. The van der Waals surface area contributed by atoms with Crippen LogP contribution < -0.4 is 5.73 Å². The minimum absolute atomic E-state index is 0.624. The molecule has 3 nitrogen and oxygen atoms in total. The van der Waals surface area contributed by atoms with E-state index in [0.29, 0.717) is 0 Å². The van der Waals surface area contributed by atoms with E-state index in [1.807, 2.05) is 0 Å². The van der Waals surface area contributed by atoms with Crippen LogP contribution in [-0.2, 0) is 9.59 Å². The summed E-state index contributed by atoms with van der Waals surface area (Å²) in [7, 11) is 0. The van der Waals surface area contributed by atoms with Crippen LogP contribution in [0.1, 0.15) is 0 Å². The zero-order valence-corrected chi connectivity index (χ0v) is 5.65. The zero-order valence-electron chi connectivity index (χ0n) is 3.87. The van der Waals surface area contributed by atoms with Gasteiger partial charge in [-0.1, -0.05) is 0 Å². The maximum absolute atomic E-state index is 10.1. The molecule has 0 spiro atoms. The van der Waals surface area contributed by atoms with Gasteiger partial charge in [-0.2, -0.15) is 12.6 Å². The lowest BCUT2D eigenvalue weighted by Gasteiger charge is -1.95. The number of primary amides is 1. The smallest absolute Gasteiger partial charge is 0.238 e. The monoisotopic (exact) mass is 151 g/mol. The molecule has 46 valence electrons. The summed E-state index contributed by atoms with van der Waals surface area (Å²) in [4.78, 5) is 20.1. The molecule has 0 aromatic heterocycles. The first kappa shape index (κ1) is 7.84. The third-order valence-electron chi connectivity index (χ3n) is 0.503. The second-order valence-corrected chi connectivity index (χ2v) is 2.10. The molecule has 0 aromatic rings. The van der Waals surface area contributed by atoms with Crippen molar-refractivity contribution in [2.24, 2.45) is 5.73 Å². The van der Waals surface area contributed by atoms with E-state index in [1.165, 1.54) is 0 Å². The Bertz CT molecular complexity index is 110. The third kappa shape index (κ3) is 2.23. The standard InChI is InChI=1S/C3H5NO2S2/c4-2(5)1(7)3(6)8/h1,7H,(H2,4,5)(H,6,8). The molecule has 8 heavy (non-hydrogen) atoms. The highest BCUT2D eigenvalue weighted by Crippen LogP contribution is 1.96. The highest BCUT2D eigenvalue weighted by molar-refractivity contribution is 7.99. The average Bonchev–Trinajstić information content (AvgIpc) is 1.64. The lowest BCUT2D eigenvalue weighted by molar-refractivity contribution is -0.121. The van der Waals surface area contributed by atoms with Gasteiger partial charge in [0.2, 0.25) is 11.0 Å². The Kier molecular flexibility index (Phi) is 2.93. The summed E-state index contributed by atoms with van der Waals surface area (Å²) >= 11 is 6.84. The van der Waals surface area contributed by atoms with Crippen LogP contribution in [0.4, 0.5) is 0 Å². The van der Waals surface area contributed by atoms with Gasteiger partial charge < -0.3 is 5.73 Å². The molecule has 1 amide bonds. The first-order valence-electron chi connectivity index (χ1n) is 1.76. The van der Waals surface area contributed by atoms with E-state index in [2.05, 4.69) is 31.0 Å². The molecular formula is C3H5NO2S2. The molecule has 0 aliphatic heterocycles. The molecular weight excluding hydrogens is 146 g/mol. The van der Waals surface area contributed by atoms with Gasteiger partial charge in [-0.25, -0.2) is 0 Å². The quantitative estimate of drug-likeness (QED) is 0.358. The SMILES string of the molecule is NC(=O)C(S)C(=O)S. The van der Waals surface area contributed by atoms with Crippen LogP contribution in [0.25, 0.3) is 0 Å². The molecule has 0 radical (unpaired) electrons. The van der Waals surface area contributed by atoms with Crippen LogP contribution in [0, 0.1) is 0 Å². The van der Waals surface area contributed by atoms with Crippen LogP contribution in [0.3, 0.4) is 0 Å². The van der Waals surface area contributed by atoms with Crippen molar-refractivity contribution >= 4 is 36.3 Å². The van der Waals surface area contributed by atoms with Crippen molar-refractivity contribution in [1.29, 1.82) is 0 Å². The second kappa shape index (κ2) is 2.99. The number of carbonyl (C=O) groups is 2. The summed E-state index contributed by atoms with van der Waals surface area (Å²) in [5, 5.41) is -1.70. The molecule has 0 fully saturated rings. The first-order valence-corrected chi connectivity index (χ1v) is 2.72. The fraction of sp³-hybridized carbons (Fsp3) is 0.333. The predicted octanol–water partition coefficient (Wildman–Crippen LogP) is -0.774. The van der Waals surface area contributed by atoms with E-state index < -0.39 is 16.3 Å². The highest BCUT2D eigenvalue weighted by Gasteiger charge is 2.14. The minimum atomic E-state index is -1.07. The van der Waals surface area contributed by atoms with Crippen molar-refractivity contribution in [3.63, 3.8) is 0 Å². The summed E-state index contributed by atoms with van der Waals surface area (Å²) < 4.78 is 0. The average molecular weight is 151 g/mol. The number of thiol groups is 2. The summed E-state index contributed by atoms with van der Waals surface area (Å²) in [6, 6.07) is 0. The van der Waals surface area contributed by atoms with Crippen molar-refractivity contribution in [3.05, 3.63) is 0 Å². The van der Waals surface area contributed by atoms with Gasteiger partial charge in [-0.05, 0) is 0 Å². The molecule has 2 N–H and O–H groups in total. The van der Waals surface area contributed by atoms with Gasteiger partial charge >= 0.3 is 0 Å². The molecule has 0 saturated carbocycles. The predicted molar refractivity (Wildman–Crippen MR) is 36.0 cm³/mol. The largest absolute Gasteiger partial charge is 0.368 e. The van der Waals surface area contributed by atoms with Crippen molar-refractivity contribution in [2.45, 2.75) is 5.25 Å². The molecule has 1 atom stereocenters. The van der Waals surface area contributed by atoms with Crippen LogP contribution in [0.15, 0.2) is 0 Å². The fourth-order valence-corrected chi connectivity index (χ4v) is 0.249. The summed E-state index contributed by atoms with van der Waals surface area (Å²) in [5.41, 5.74) is 4.65. The molecule has 1 unspecified atom stereocenters. The molecule has 0 aromatic carbocycles. The van der Waals surface area contributed by atoms with Crippen molar-refractivity contribution in [3.8, 4) is 0 Å². The third-order valence-corrected chi connectivity index (χ3v) is 1.45. The topological polar surface area (TPSA) is 60.2 Å². The Morgan fingerprint density at radius 1 is 1.50 bits per heavy atom. The number of rotatable bonds is 2. The molecule has 0 aliphatic carbocycles. The summed E-state index contributed by atoms with van der Waals surface area (Å²) in [5.74, 6) is -0.770. The van der Waals surface area contributed by atoms with Gasteiger partial charge in [0.1, 0.15) is 5.25 Å². The van der Waals surface area contributed by atoms with Crippen molar-refractivity contribution in [2.75, 3.05) is 0 Å². The Hall–Kier alpha value is -0.160. The van der Waals surface area contributed by atoms with Gasteiger partial charge in [0.05, 0.1) is 0 Å². The molecule has 0 bridgehead atoms. The Morgan fingerprint density at radius 2 is 1.88 bits per heavy atom. The lowest BCUT2D eigenvalue weighted by Crippen LogP contribution is -2.28. The summed E-state index contributed by atoms with van der Waals surface area (Å²) in [6.07, 6.45) is 0. The minimum Gasteiger partial charge on any atom is -0.368 e. The molecule has 0 rings (SSSR count). The van der Waals surface area contributed by atoms with Gasteiger partial charge in [0.25, 0.3) is 0 Å². The molecule has 0 saturated heterocycles. The number of nitrogens with two attached hydrogens (primary N) is 1. The second-order valence-electron chi connectivity index (χ2n) is 1.14. The van der Waals surface area contributed by atoms with E-state index >= 15 is 0 Å². The number of carbonyl (C=O) groups excluding carboxylic acids is 2. The van der Waals surface area contributed by atoms with Crippen LogP contribution in [0.2, 0.25) is 0 Å². The van der Waals surface area contributed by atoms with E-state index in [9.17, 15) is 9.59 Å². The van der Waals surface area contributed by atoms with Crippen molar-refractivity contribution < 1.29 is 9.59 Å². The Balaban J connectivity index is 3.83. The zero-order chi connectivity index (χ0) is 6.73. The van der Waals surface area contributed by atoms with E-state index in [1.54, 1.807) is 0 Å². The molecule has 5 heteroatoms. The Labute approximate surface area is 57.4 Å². The molecule has 0 aliphatic rings. The van der Waals surface area contributed by atoms with Crippen LogP contribution in [0.5, 0.6) is 0 Å². The van der Waals surface area contributed by atoms with E-state index in [0.717, 1.165) is 0 Å².